The molecule has 1 aliphatic rings. The SMILES string of the molecule is Nc1ccc(C(=O)Cc2cc(N)c3c(c2)C(=O)NC3=O)cc1. The van der Waals surface area contributed by atoms with Crippen LogP contribution in [0.2, 0.25) is 0 Å². The van der Waals surface area contributed by atoms with Gasteiger partial charge in [-0.05, 0) is 42.0 Å². The first-order valence-corrected chi connectivity index (χ1v) is 6.62. The van der Waals surface area contributed by atoms with Crippen LogP contribution in [0.1, 0.15) is 36.6 Å². The molecule has 1 heterocycles. The van der Waals surface area contributed by atoms with Gasteiger partial charge in [0.15, 0.2) is 5.78 Å². The third-order valence-corrected chi connectivity index (χ3v) is 3.52. The highest BCUT2D eigenvalue weighted by molar-refractivity contribution is 6.23. The van der Waals surface area contributed by atoms with Gasteiger partial charge in [-0.25, -0.2) is 0 Å². The molecular formula is C16H13N3O3. The monoisotopic (exact) mass is 295 g/mol. The molecule has 0 saturated carbocycles. The van der Waals surface area contributed by atoms with E-state index in [0.29, 0.717) is 16.8 Å². The van der Waals surface area contributed by atoms with Crippen molar-refractivity contribution in [3.8, 4) is 0 Å². The lowest BCUT2D eigenvalue weighted by atomic mass is 9.98. The summed E-state index contributed by atoms with van der Waals surface area (Å²) in [6, 6.07) is 9.66. The number of rotatable bonds is 3. The van der Waals surface area contributed by atoms with Crippen molar-refractivity contribution in [3.63, 3.8) is 0 Å². The summed E-state index contributed by atoms with van der Waals surface area (Å²) in [7, 11) is 0. The molecule has 6 nitrogen and oxygen atoms in total. The van der Waals surface area contributed by atoms with E-state index >= 15 is 0 Å². The molecule has 22 heavy (non-hydrogen) atoms. The lowest BCUT2D eigenvalue weighted by Crippen LogP contribution is -2.20. The van der Waals surface area contributed by atoms with Gasteiger partial charge in [0, 0.05) is 23.4 Å². The average molecular weight is 295 g/mol. The van der Waals surface area contributed by atoms with Gasteiger partial charge in [-0.1, -0.05) is 0 Å². The Kier molecular flexibility index (Phi) is 3.14. The molecule has 0 spiro atoms. The molecule has 0 bridgehead atoms. The second-order valence-electron chi connectivity index (χ2n) is 5.11. The first-order chi connectivity index (χ1) is 10.5. The van der Waals surface area contributed by atoms with E-state index in [1.54, 1.807) is 30.3 Å². The number of anilines is 2. The van der Waals surface area contributed by atoms with Crippen molar-refractivity contribution in [2.24, 2.45) is 0 Å². The molecule has 6 heteroatoms. The molecule has 0 fully saturated rings. The predicted octanol–water partition coefficient (Wildman–Crippen LogP) is 1.16. The normalized spacial score (nSPS) is 12.9. The molecule has 3 rings (SSSR count). The van der Waals surface area contributed by atoms with Crippen molar-refractivity contribution in [2.75, 3.05) is 11.5 Å². The first-order valence-electron chi connectivity index (χ1n) is 6.62. The second-order valence-corrected chi connectivity index (χ2v) is 5.11. The van der Waals surface area contributed by atoms with E-state index in [-0.39, 0.29) is 29.0 Å². The standard InChI is InChI=1S/C16H13N3O3/c17-10-3-1-9(2-4-10)13(20)7-8-5-11-14(12(18)6-8)16(22)19-15(11)21/h1-6H,7,17-18H2,(H,19,21,22). The molecule has 0 aromatic heterocycles. The highest BCUT2D eigenvalue weighted by atomic mass is 16.2. The summed E-state index contributed by atoms with van der Waals surface area (Å²) < 4.78 is 0. The second kappa shape index (κ2) is 5.00. The van der Waals surface area contributed by atoms with Crippen LogP contribution in [-0.2, 0) is 6.42 Å². The van der Waals surface area contributed by atoms with Crippen LogP contribution in [0.3, 0.4) is 0 Å². The minimum Gasteiger partial charge on any atom is -0.399 e. The third-order valence-electron chi connectivity index (χ3n) is 3.52. The topological polar surface area (TPSA) is 115 Å². The van der Waals surface area contributed by atoms with Gasteiger partial charge in [-0.2, -0.15) is 0 Å². The van der Waals surface area contributed by atoms with E-state index in [9.17, 15) is 14.4 Å². The van der Waals surface area contributed by atoms with Crippen LogP contribution in [0.4, 0.5) is 11.4 Å². The van der Waals surface area contributed by atoms with Gasteiger partial charge in [-0.3, -0.25) is 19.7 Å². The number of fused-ring (bicyclic) bond motifs is 1. The zero-order chi connectivity index (χ0) is 15.9. The Morgan fingerprint density at radius 2 is 1.68 bits per heavy atom. The summed E-state index contributed by atoms with van der Waals surface area (Å²) in [4.78, 5) is 35.5. The number of nitrogen functional groups attached to an aromatic ring is 2. The van der Waals surface area contributed by atoms with Gasteiger partial charge in [-0.15, -0.1) is 0 Å². The summed E-state index contributed by atoms with van der Waals surface area (Å²) in [6.07, 6.45) is 0.0862. The molecule has 1 aliphatic heterocycles. The molecule has 5 N–H and O–H groups in total. The number of hydrogen-bond donors (Lipinski definition) is 3. The number of nitrogens with one attached hydrogen (secondary N) is 1. The van der Waals surface area contributed by atoms with Gasteiger partial charge in [0.2, 0.25) is 0 Å². The minimum absolute atomic E-state index is 0.0862. The highest BCUT2D eigenvalue weighted by Crippen LogP contribution is 2.25. The average Bonchev–Trinajstić information content (AvgIpc) is 2.74. The van der Waals surface area contributed by atoms with Crippen LogP contribution in [0.15, 0.2) is 36.4 Å². The largest absolute Gasteiger partial charge is 0.399 e. The number of amides is 2. The maximum Gasteiger partial charge on any atom is 0.261 e. The van der Waals surface area contributed by atoms with Crippen molar-refractivity contribution >= 4 is 29.0 Å². The summed E-state index contributed by atoms with van der Waals surface area (Å²) in [6.45, 7) is 0. The van der Waals surface area contributed by atoms with E-state index in [4.69, 9.17) is 11.5 Å². The Balaban J connectivity index is 1.91. The Bertz CT molecular complexity index is 810. The maximum absolute atomic E-state index is 12.2. The lowest BCUT2D eigenvalue weighted by Gasteiger charge is -2.06. The molecule has 0 atom stereocenters. The van der Waals surface area contributed by atoms with E-state index < -0.39 is 11.8 Å². The fourth-order valence-corrected chi connectivity index (χ4v) is 2.45. The fourth-order valence-electron chi connectivity index (χ4n) is 2.45. The molecule has 0 unspecified atom stereocenters. The van der Waals surface area contributed by atoms with Gasteiger partial charge in [0.05, 0.1) is 11.1 Å². The summed E-state index contributed by atoms with van der Waals surface area (Å²) >= 11 is 0. The number of carbonyl (C=O) groups excluding carboxylic acids is 3. The van der Waals surface area contributed by atoms with Crippen molar-refractivity contribution < 1.29 is 14.4 Å². The molecule has 2 amide bonds. The van der Waals surface area contributed by atoms with Gasteiger partial charge in [0.25, 0.3) is 11.8 Å². The summed E-state index contributed by atoms with van der Waals surface area (Å²) in [5.74, 6) is -1.12. The van der Waals surface area contributed by atoms with Crippen LogP contribution in [-0.4, -0.2) is 17.6 Å². The van der Waals surface area contributed by atoms with Crippen molar-refractivity contribution in [1.29, 1.82) is 0 Å². The predicted molar refractivity (Wildman–Crippen MR) is 81.5 cm³/mol. The van der Waals surface area contributed by atoms with E-state index in [2.05, 4.69) is 5.32 Å². The van der Waals surface area contributed by atoms with Crippen molar-refractivity contribution in [2.45, 2.75) is 6.42 Å². The molecule has 2 aromatic carbocycles. The lowest BCUT2D eigenvalue weighted by molar-refractivity contribution is 0.0878. The van der Waals surface area contributed by atoms with Crippen LogP contribution < -0.4 is 16.8 Å². The van der Waals surface area contributed by atoms with Crippen molar-refractivity contribution in [3.05, 3.63) is 58.7 Å². The van der Waals surface area contributed by atoms with Gasteiger partial charge < -0.3 is 11.5 Å². The zero-order valence-electron chi connectivity index (χ0n) is 11.6. The first kappa shape index (κ1) is 13.8. The number of nitrogens with two attached hydrogens (primary N) is 2. The summed E-state index contributed by atoms with van der Waals surface area (Å²) in [5.41, 5.74) is 13.7. The maximum atomic E-state index is 12.2. The van der Waals surface area contributed by atoms with Gasteiger partial charge >= 0.3 is 0 Å². The summed E-state index contributed by atoms with van der Waals surface area (Å²) in [5, 5.41) is 2.18. The molecule has 0 saturated heterocycles. The zero-order valence-corrected chi connectivity index (χ0v) is 11.6. The smallest absolute Gasteiger partial charge is 0.261 e. The van der Waals surface area contributed by atoms with Crippen LogP contribution in [0, 0.1) is 0 Å². The number of benzene rings is 2. The van der Waals surface area contributed by atoms with E-state index in [1.165, 1.54) is 6.07 Å². The Morgan fingerprint density at radius 3 is 2.36 bits per heavy atom. The minimum atomic E-state index is -0.506. The number of ketones is 1. The van der Waals surface area contributed by atoms with Crippen molar-refractivity contribution in [1.82, 2.24) is 5.32 Å². The van der Waals surface area contributed by atoms with Gasteiger partial charge in [0.1, 0.15) is 0 Å². The number of imide groups is 1. The van der Waals surface area contributed by atoms with Crippen LogP contribution in [0.5, 0.6) is 0 Å². The number of hydrogen-bond acceptors (Lipinski definition) is 5. The molecule has 110 valence electrons. The third kappa shape index (κ3) is 2.31. The van der Waals surface area contributed by atoms with E-state index in [1.807, 2.05) is 0 Å². The van der Waals surface area contributed by atoms with Crippen LogP contribution in [0.25, 0.3) is 0 Å². The number of carbonyl (C=O) groups is 3. The number of Topliss-reactive ketones (excluding diaryl/α,β-unsaturated/α-hetero) is 1. The molecule has 0 aliphatic carbocycles. The highest BCUT2D eigenvalue weighted by Gasteiger charge is 2.29. The van der Waals surface area contributed by atoms with Crippen LogP contribution >= 0.6 is 0 Å². The quantitative estimate of drug-likeness (QED) is 0.446. The Morgan fingerprint density at radius 1 is 1.00 bits per heavy atom. The van der Waals surface area contributed by atoms with E-state index in [0.717, 1.165) is 0 Å². The molecule has 0 radical (unpaired) electrons. The Hall–Kier alpha value is -3.15. The fraction of sp³-hybridized carbons (Fsp3) is 0.0625. The molecular weight excluding hydrogens is 282 g/mol. The molecule has 2 aromatic rings. The Labute approximate surface area is 126 Å².